The number of carbonyl (C=O) groups excluding carboxylic acids is 1. The summed E-state index contributed by atoms with van der Waals surface area (Å²) in [6, 6.07) is 4.80. The Morgan fingerprint density at radius 3 is 2.76 bits per heavy atom. The number of halogens is 2. The van der Waals surface area contributed by atoms with Gasteiger partial charge in [0.1, 0.15) is 16.6 Å². The molecule has 0 aliphatic carbocycles. The zero-order valence-corrected chi connectivity index (χ0v) is 18.7. The molecule has 1 aromatic carbocycles. The maximum atomic E-state index is 14.0. The standard InChI is InChI=1S/C23H20F2N4O3S/c1-12(2)28-10-15(5-6-26)29-11-17(20(30)21(31)19(29)23(28)32)22-27-9-16(33-22)7-13-3-4-14(24)8-18(13)25/h3-4,8-9,11-12,15,31H,5,7,10H2,1-2H3. The van der Waals surface area contributed by atoms with Gasteiger partial charge in [0.15, 0.2) is 11.4 Å². The van der Waals surface area contributed by atoms with E-state index >= 15 is 0 Å². The van der Waals surface area contributed by atoms with Gasteiger partial charge in [-0.05, 0) is 25.5 Å². The van der Waals surface area contributed by atoms with Crippen LogP contribution in [0.1, 0.15) is 47.2 Å². The highest BCUT2D eigenvalue weighted by Gasteiger charge is 2.36. The summed E-state index contributed by atoms with van der Waals surface area (Å²) in [5, 5.41) is 20.2. The first-order valence-electron chi connectivity index (χ1n) is 10.3. The van der Waals surface area contributed by atoms with Crippen LogP contribution in [0.4, 0.5) is 8.78 Å². The number of nitriles is 1. The third-order valence-corrected chi connectivity index (χ3v) is 6.62. The fourth-order valence-corrected chi connectivity index (χ4v) is 4.83. The van der Waals surface area contributed by atoms with Crippen molar-refractivity contribution < 1.29 is 18.7 Å². The second-order valence-electron chi connectivity index (χ2n) is 8.09. The molecule has 0 fully saturated rings. The average Bonchev–Trinajstić information content (AvgIpc) is 3.22. The topological polar surface area (TPSA) is 99.2 Å². The van der Waals surface area contributed by atoms with Crippen LogP contribution in [0, 0.1) is 23.0 Å². The maximum absolute atomic E-state index is 14.0. The van der Waals surface area contributed by atoms with Crippen molar-refractivity contribution in [3.63, 3.8) is 0 Å². The Morgan fingerprint density at radius 2 is 2.09 bits per heavy atom. The van der Waals surface area contributed by atoms with Crippen LogP contribution in [0.5, 0.6) is 5.75 Å². The molecule has 1 N–H and O–H groups in total. The second-order valence-corrected chi connectivity index (χ2v) is 9.20. The fraction of sp³-hybridized carbons (Fsp3) is 0.304. The van der Waals surface area contributed by atoms with E-state index in [9.17, 15) is 28.7 Å². The van der Waals surface area contributed by atoms with Crippen LogP contribution < -0.4 is 5.43 Å². The molecule has 1 unspecified atom stereocenters. The molecule has 0 saturated carbocycles. The number of thiazole rings is 1. The number of pyridine rings is 1. The number of rotatable bonds is 5. The summed E-state index contributed by atoms with van der Waals surface area (Å²) < 4.78 is 28.6. The maximum Gasteiger partial charge on any atom is 0.274 e. The van der Waals surface area contributed by atoms with Crippen molar-refractivity contribution in [2.75, 3.05) is 6.54 Å². The molecule has 1 aliphatic rings. The number of carbonyl (C=O) groups is 1. The van der Waals surface area contributed by atoms with Gasteiger partial charge in [-0.3, -0.25) is 9.59 Å². The zero-order chi connectivity index (χ0) is 23.9. The van der Waals surface area contributed by atoms with Crippen molar-refractivity contribution >= 4 is 17.2 Å². The molecule has 7 nitrogen and oxygen atoms in total. The van der Waals surface area contributed by atoms with E-state index in [0.29, 0.717) is 4.88 Å². The molecule has 2 aromatic heterocycles. The Bertz CT molecular complexity index is 1340. The highest BCUT2D eigenvalue weighted by Crippen LogP contribution is 2.33. The van der Waals surface area contributed by atoms with Gasteiger partial charge < -0.3 is 14.6 Å². The van der Waals surface area contributed by atoms with E-state index in [4.69, 9.17) is 0 Å². The van der Waals surface area contributed by atoms with Gasteiger partial charge in [-0.25, -0.2) is 13.8 Å². The summed E-state index contributed by atoms with van der Waals surface area (Å²) in [6.45, 7) is 3.91. The molecule has 1 atom stereocenters. The van der Waals surface area contributed by atoms with Crippen molar-refractivity contribution in [2.45, 2.75) is 38.8 Å². The van der Waals surface area contributed by atoms with Crippen LogP contribution in [0.25, 0.3) is 10.6 Å². The Balaban J connectivity index is 1.76. The number of fused-ring (bicyclic) bond motifs is 1. The van der Waals surface area contributed by atoms with Gasteiger partial charge >= 0.3 is 0 Å². The SMILES string of the molecule is CC(C)N1CC(CC#N)n2cc(-c3ncc(Cc4ccc(F)cc4F)s3)c(=O)c(O)c2C1=O. The Labute approximate surface area is 192 Å². The lowest BCUT2D eigenvalue weighted by atomic mass is 10.0. The van der Waals surface area contributed by atoms with E-state index in [1.165, 1.54) is 34.0 Å². The third kappa shape index (κ3) is 4.12. The van der Waals surface area contributed by atoms with Crippen LogP contribution in [-0.2, 0) is 6.42 Å². The molecule has 1 amide bonds. The Kier molecular flexibility index (Phi) is 5.99. The molecule has 0 radical (unpaired) electrons. The molecule has 3 aromatic rings. The number of aromatic hydroxyl groups is 1. The molecule has 0 spiro atoms. The average molecular weight is 471 g/mol. The minimum Gasteiger partial charge on any atom is -0.503 e. The zero-order valence-electron chi connectivity index (χ0n) is 17.9. The molecule has 33 heavy (non-hydrogen) atoms. The lowest BCUT2D eigenvalue weighted by molar-refractivity contribution is 0.0600. The number of benzene rings is 1. The van der Waals surface area contributed by atoms with Crippen molar-refractivity contribution in [1.29, 1.82) is 5.26 Å². The first kappa shape index (κ1) is 22.6. The highest BCUT2D eigenvalue weighted by atomic mass is 32.1. The first-order valence-corrected chi connectivity index (χ1v) is 11.1. The first-order chi connectivity index (χ1) is 15.7. The van der Waals surface area contributed by atoms with Crippen molar-refractivity contribution in [3.05, 3.63) is 68.6 Å². The van der Waals surface area contributed by atoms with Crippen LogP contribution in [0.3, 0.4) is 0 Å². The van der Waals surface area contributed by atoms with Crippen LogP contribution in [-0.4, -0.2) is 38.1 Å². The highest BCUT2D eigenvalue weighted by molar-refractivity contribution is 7.15. The number of hydrogen-bond donors (Lipinski definition) is 1. The number of aromatic nitrogens is 2. The third-order valence-electron chi connectivity index (χ3n) is 5.59. The summed E-state index contributed by atoms with van der Waals surface area (Å²) in [7, 11) is 0. The predicted molar refractivity (Wildman–Crippen MR) is 118 cm³/mol. The minimum absolute atomic E-state index is 0.0816. The number of hydrogen-bond acceptors (Lipinski definition) is 6. The molecule has 1 aliphatic heterocycles. The summed E-state index contributed by atoms with van der Waals surface area (Å²) in [4.78, 5) is 32.3. The van der Waals surface area contributed by atoms with Gasteiger partial charge in [-0.1, -0.05) is 6.07 Å². The smallest absolute Gasteiger partial charge is 0.274 e. The molecule has 170 valence electrons. The van der Waals surface area contributed by atoms with Crippen molar-refractivity contribution in [2.24, 2.45) is 0 Å². The van der Waals surface area contributed by atoms with E-state index in [1.54, 1.807) is 0 Å². The lowest BCUT2D eigenvalue weighted by Gasteiger charge is -2.37. The molecule has 0 bridgehead atoms. The van der Waals surface area contributed by atoms with Gasteiger partial charge in [0, 0.05) is 42.3 Å². The summed E-state index contributed by atoms with van der Waals surface area (Å²) >= 11 is 1.13. The minimum atomic E-state index is -0.746. The number of nitrogens with zero attached hydrogens (tertiary/aromatic N) is 4. The van der Waals surface area contributed by atoms with E-state index in [-0.39, 0.29) is 47.3 Å². The Morgan fingerprint density at radius 1 is 1.33 bits per heavy atom. The van der Waals surface area contributed by atoms with Crippen molar-refractivity contribution in [1.82, 2.24) is 14.5 Å². The van der Waals surface area contributed by atoms with Gasteiger partial charge in [-0.2, -0.15) is 5.26 Å². The normalized spacial score (nSPS) is 15.6. The van der Waals surface area contributed by atoms with Crippen LogP contribution >= 0.6 is 11.3 Å². The molecular formula is C23H20F2N4O3S. The monoisotopic (exact) mass is 470 g/mol. The van der Waals surface area contributed by atoms with Crippen LogP contribution in [0.15, 0.2) is 35.4 Å². The van der Waals surface area contributed by atoms with Crippen molar-refractivity contribution in [3.8, 4) is 22.4 Å². The Hall–Kier alpha value is -3.58. The van der Waals surface area contributed by atoms with E-state index in [1.807, 2.05) is 13.8 Å². The number of amides is 1. The molecular weight excluding hydrogens is 450 g/mol. The predicted octanol–water partition coefficient (Wildman–Crippen LogP) is 3.87. The van der Waals surface area contributed by atoms with Gasteiger partial charge in [0.25, 0.3) is 5.91 Å². The fourth-order valence-electron chi connectivity index (χ4n) is 3.89. The van der Waals surface area contributed by atoms with E-state index < -0.39 is 34.8 Å². The van der Waals surface area contributed by atoms with Gasteiger partial charge in [0.2, 0.25) is 5.43 Å². The largest absolute Gasteiger partial charge is 0.503 e. The lowest BCUT2D eigenvalue weighted by Crippen LogP contribution is -2.47. The van der Waals surface area contributed by atoms with E-state index in [0.717, 1.165) is 17.4 Å². The summed E-state index contributed by atoms with van der Waals surface area (Å²) in [5.74, 6) is -2.51. The summed E-state index contributed by atoms with van der Waals surface area (Å²) in [5.41, 5.74) is -0.523. The second kappa shape index (κ2) is 8.75. The van der Waals surface area contributed by atoms with E-state index in [2.05, 4.69) is 11.1 Å². The molecule has 10 heteroatoms. The quantitative estimate of drug-likeness (QED) is 0.610. The molecule has 0 saturated heterocycles. The molecule has 4 rings (SSSR count). The molecule has 3 heterocycles. The summed E-state index contributed by atoms with van der Waals surface area (Å²) in [6.07, 6.45) is 3.18. The van der Waals surface area contributed by atoms with Gasteiger partial charge in [0.05, 0.1) is 24.1 Å². The van der Waals surface area contributed by atoms with Gasteiger partial charge in [-0.15, -0.1) is 11.3 Å². The van der Waals surface area contributed by atoms with Crippen LogP contribution in [0.2, 0.25) is 0 Å².